The van der Waals surface area contributed by atoms with Crippen molar-refractivity contribution in [2.24, 2.45) is 5.73 Å². The van der Waals surface area contributed by atoms with Gasteiger partial charge in [0.15, 0.2) is 6.79 Å². The lowest BCUT2D eigenvalue weighted by Gasteiger charge is -2.11. The number of nitrogens with two attached hydrogens (primary N) is 1. The van der Waals surface area contributed by atoms with Crippen LogP contribution in [-0.2, 0) is 11.3 Å². The first-order valence-electron chi connectivity index (χ1n) is 6.00. The van der Waals surface area contributed by atoms with Gasteiger partial charge in [0.1, 0.15) is 10.7 Å². The number of benzene rings is 2. The smallest absolute Gasteiger partial charge is 0.189 e. The second-order valence-electron chi connectivity index (χ2n) is 4.10. The molecule has 0 aliphatic carbocycles. The molecule has 0 unspecified atom stereocenters. The van der Waals surface area contributed by atoms with Crippen LogP contribution in [0, 0.1) is 0 Å². The van der Waals surface area contributed by atoms with Crippen molar-refractivity contribution in [1.29, 1.82) is 0 Å². The minimum atomic E-state index is 0.102. The summed E-state index contributed by atoms with van der Waals surface area (Å²) in [6.45, 7) is 0.578. The molecule has 20 heavy (non-hydrogen) atoms. The SMILES string of the molecule is NC(=S)c1ccc(Cl)cc1OCOCc1ccccc1. The molecule has 0 saturated heterocycles. The van der Waals surface area contributed by atoms with Crippen molar-refractivity contribution in [3.8, 4) is 5.75 Å². The standard InChI is InChI=1S/C15H14ClNO2S/c16-12-6-7-13(15(17)20)14(8-12)19-10-18-9-11-4-2-1-3-5-11/h1-8H,9-10H2,(H2,17,20). The number of hydrogen-bond acceptors (Lipinski definition) is 3. The van der Waals surface area contributed by atoms with Crippen molar-refractivity contribution in [3.05, 3.63) is 64.7 Å². The summed E-state index contributed by atoms with van der Waals surface area (Å²) >= 11 is 10.9. The molecule has 0 amide bonds. The third-order valence-corrected chi connectivity index (χ3v) is 3.07. The first-order valence-corrected chi connectivity index (χ1v) is 6.79. The van der Waals surface area contributed by atoms with Gasteiger partial charge in [-0.3, -0.25) is 0 Å². The van der Waals surface area contributed by atoms with Crippen LogP contribution in [-0.4, -0.2) is 11.8 Å². The van der Waals surface area contributed by atoms with E-state index in [0.717, 1.165) is 5.56 Å². The fourth-order valence-corrected chi connectivity index (χ4v) is 1.99. The topological polar surface area (TPSA) is 44.5 Å². The normalized spacial score (nSPS) is 10.2. The van der Waals surface area contributed by atoms with Gasteiger partial charge in [-0.2, -0.15) is 0 Å². The van der Waals surface area contributed by atoms with Crippen molar-refractivity contribution in [1.82, 2.24) is 0 Å². The Kier molecular flexibility index (Phi) is 5.35. The van der Waals surface area contributed by atoms with Gasteiger partial charge in [0.25, 0.3) is 0 Å². The monoisotopic (exact) mass is 307 g/mol. The van der Waals surface area contributed by atoms with E-state index in [1.54, 1.807) is 18.2 Å². The van der Waals surface area contributed by atoms with Crippen LogP contribution in [0.5, 0.6) is 5.75 Å². The van der Waals surface area contributed by atoms with Gasteiger partial charge in [0.05, 0.1) is 12.2 Å². The lowest BCUT2D eigenvalue weighted by atomic mass is 10.2. The average Bonchev–Trinajstić information content (AvgIpc) is 2.44. The van der Waals surface area contributed by atoms with E-state index in [2.05, 4.69) is 0 Å². The van der Waals surface area contributed by atoms with E-state index in [9.17, 15) is 0 Å². The summed E-state index contributed by atoms with van der Waals surface area (Å²) in [5.41, 5.74) is 7.35. The van der Waals surface area contributed by atoms with Crippen molar-refractivity contribution in [2.75, 3.05) is 6.79 Å². The Morgan fingerprint density at radius 2 is 1.90 bits per heavy atom. The lowest BCUT2D eigenvalue weighted by molar-refractivity contribution is 0.00497. The minimum absolute atomic E-state index is 0.102. The molecule has 2 N–H and O–H groups in total. The molecule has 2 aromatic carbocycles. The summed E-state index contributed by atoms with van der Waals surface area (Å²) in [5.74, 6) is 0.526. The Labute approximate surface area is 128 Å². The molecule has 0 fully saturated rings. The number of ether oxygens (including phenoxy) is 2. The Morgan fingerprint density at radius 1 is 1.15 bits per heavy atom. The third kappa shape index (κ3) is 4.20. The maximum atomic E-state index is 5.93. The highest BCUT2D eigenvalue weighted by molar-refractivity contribution is 7.80. The van der Waals surface area contributed by atoms with Crippen LogP contribution in [0.15, 0.2) is 48.5 Å². The van der Waals surface area contributed by atoms with E-state index in [0.29, 0.717) is 22.9 Å². The number of halogens is 1. The zero-order chi connectivity index (χ0) is 14.4. The first-order chi connectivity index (χ1) is 9.66. The third-order valence-electron chi connectivity index (χ3n) is 2.62. The summed E-state index contributed by atoms with van der Waals surface area (Å²) < 4.78 is 11.0. The predicted octanol–water partition coefficient (Wildman–Crippen LogP) is 3.53. The molecule has 0 heterocycles. The van der Waals surface area contributed by atoms with Gasteiger partial charge >= 0.3 is 0 Å². The van der Waals surface area contributed by atoms with Crippen LogP contribution in [0.4, 0.5) is 0 Å². The van der Waals surface area contributed by atoms with Crippen LogP contribution in [0.1, 0.15) is 11.1 Å². The van der Waals surface area contributed by atoms with Crippen LogP contribution in [0.2, 0.25) is 5.02 Å². The highest BCUT2D eigenvalue weighted by Gasteiger charge is 2.07. The molecule has 0 atom stereocenters. The maximum absolute atomic E-state index is 5.93. The molecule has 2 aromatic rings. The maximum Gasteiger partial charge on any atom is 0.189 e. The van der Waals surface area contributed by atoms with Crippen molar-refractivity contribution in [2.45, 2.75) is 6.61 Å². The number of rotatable bonds is 6. The molecule has 0 aliphatic rings. The molecule has 3 nitrogen and oxygen atoms in total. The second kappa shape index (κ2) is 7.24. The Balaban J connectivity index is 1.91. The fraction of sp³-hybridized carbons (Fsp3) is 0.133. The lowest BCUT2D eigenvalue weighted by Crippen LogP contribution is -2.13. The summed E-state index contributed by atoms with van der Waals surface area (Å²) in [6, 6.07) is 15.0. The summed E-state index contributed by atoms with van der Waals surface area (Å²) in [4.78, 5) is 0.264. The molecule has 0 spiro atoms. The molecule has 0 bridgehead atoms. The summed E-state index contributed by atoms with van der Waals surface area (Å²) in [6.07, 6.45) is 0. The van der Waals surface area contributed by atoms with E-state index in [1.165, 1.54) is 0 Å². The molecular weight excluding hydrogens is 294 g/mol. The molecular formula is C15H14ClNO2S. The van der Waals surface area contributed by atoms with E-state index < -0.39 is 0 Å². The quantitative estimate of drug-likeness (QED) is 0.504. The zero-order valence-electron chi connectivity index (χ0n) is 10.7. The average molecular weight is 308 g/mol. The highest BCUT2D eigenvalue weighted by Crippen LogP contribution is 2.23. The molecule has 0 radical (unpaired) electrons. The summed E-state index contributed by atoms with van der Waals surface area (Å²) in [7, 11) is 0. The van der Waals surface area contributed by atoms with Gasteiger partial charge in [0, 0.05) is 5.02 Å². The molecule has 5 heteroatoms. The van der Waals surface area contributed by atoms with Crippen LogP contribution >= 0.6 is 23.8 Å². The van der Waals surface area contributed by atoms with Gasteiger partial charge in [0.2, 0.25) is 0 Å². The zero-order valence-corrected chi connectivity index (χ0v) is 12.3. The van der Waals surface area contributed by atoms with Crippen LogP contribution < -0.4 is 10.5 Å². The van der Waals surface area contributed by atoms with E-state index in [1.807, 2.05) is 30.3 Å². The van der Waals surface area contributed by atoms with Crippen molar-refractivity contribution >= 4 is 28.8 Å². The van der Waals surface area contributed by atoms with E-state index >= 15 is 0 Å². The van der Waals surface area contributed by atoms with E-state index in [-0.39, 0.29) is 11.8 Å². The van der Waals surface area contributed by atoms with Gasteiger partial charge in [-0.1, -0.05) is 54.2 Å². The van der Waals surface area contributed by atoms with Gasteiger partial charge in [-0.15, -0.1) is 0 Å². The van der Waals surface area contributed by atoms with Crippen molar-refractivity contribution < 1.29 is 9.47 Å². The summed E-state index contributed by atoms with van der Waals surface area (Å²) in [5, 5.41) is 0.558. The molecule has 0 saturated carbocycles. The van der Waals surface area contributed by atoms with E-state index in [4.69, 9.17) is 39.0 Å². The van der Waals surface area contributed by atoms with Gasteiger partial charge in [-0.05, 0) is 23.8 Å². The number of thiocarbonyl (C=S) groups is 1. The molecule has 104 valence electrons. The Bertz CT molecular complexity index is 590. The Morgan fingerprint density at radius 3 is 2.60 bits per heavy atom. The van der Waals surface area contributed by atoms with Crippen molar-refractivity contribution in [3.63, 3.8) is 0 Å². The van der Waals surface area contributed by atoms with Gasteiger partial charge in [-0.25, -0.2) is 0 Å². The fourth-order valence-electron chi connectivity index (χ4n) is 1.66. The molecule has 0 aromatic heterocycles. The first kappa shape index (κ1) is 14.8. The highest BCUT2D eigenvalue weighted by atomic mass is 35.5. The molecule has 2 rings (SSSR count). The number of hydrogen-bond donors (Lipinski definition) is 1. The van der Waals surface area contributed by atoms with Crippen LogP contribution in [0.25, 0.3) is 0 Å². The predicted molar refractivity (Wildman–Crippen MR) is 84.1 cm³/mol. The largest absolute Gasteiger partial charge is 0.467 e. The van der Waals surface area contributed by atoms with Gasteiger partial charge < -0.3 is 15.2 Å². The minimum Gasteiger partial charge on any atom is -0.467 e. The molecule has 0 aliphatic heterocycles. The van der Waals surface area contributed by atoms with Crippen LogP contribution in [0.3, 0.4) is 0 Å². The second-order valence-corrected chi connectivity index (χ2v) is 4.98. The Hall–Kier alpha value is -1.62.